The number of rotatable bonds is 7. The molecule has 9 heteroatoms. The van der Waals surface area contributed by atoms with E-state index in [0.29, 0.717) is 0 Å². The van der Waals surface area contributed by atoms with E-state index in [0.717, 1.165) is 9.18 Å². The van der Waals surface area contributed by atoms with Crippen LogP contribution in [0.15, 0.2) is 46.7 Å². The zero-order chi connectivity index (χ0) is 19.3. The summed E-state index contributed by atoms with van der Waals surface area (Å²) in [6.45, 7) is 1.67. The summed E-state index contributed by atoms with van der Waals surface area (Å²) in [5.41, 5.74) is 0.173. The van der Waals surface area contributed by atoms with Crippen LogP contribution in [0, 0.1) is 0 Å². The third kappa shape index (κ3) is 4.90. The van der Waals surface area contributed by atoms with E-state index in [1.807, 2.05) is 24.4 Å². The first kappa shape index (κ1) is 20.1. The Morgan fingerprint density at radius 1 is 1.19 bits per heavy atom. The fraction of sp³-hybridized carbons (Fsp3) is 0.294. The Labute approximate surface area is 157 Å². The molecule has 0 spiro atoms. The van der Waals surface area contributed by atoms with Crippen molar-refractivity contribution in [3.63, 3.8) is 0 Å². The van der Waals surface area contributed by atoms with Crippen molar-refractivity contribution >= 4 is 33.2 Å². The van der Waals surface area contributed by atoms with Gasteiger partial charge in [-0.3, -0.25) is 9.59 Å². The monoisotopic (exact) mass is 395 g/mol. The standard InChI is InChI=1S/C17H21N3O4S2/c1-12(15-8-5-9-25-15)19-16(21)11-18-17(22)13-6-4-7-14(10-13)26(23,24)20(2)3/h4-10,12H,11H2,1-3H3,(H,18,22)(H,19,21). The van der Waals surface area contributed by atoms with Crippen molar-refractivity contribution in [2.75, 3.05) is 20.6 Å². The second-order valence-electron chi connectivity index (χ2n) is 5.80. The maximum atomic E-state index is 12.2. The molecule has 2 aromatic rings. The van der Waals surface area contributed by atoms with Gasteiger partial charge in [-0.25, -0.2) is 12.7 Å². The molecule has 2 N–H and O–H groups in total. The molecule has 0 aliphatic carbocycles. The van der Waals surface area contributed by atoms with Gasteiger partial charge in [0.25, 0.3) is 5.91 Å². The predicted octanol–water partition coefficient (Wildman–Crippen LogP) is 1.61. The van der Waals surface area contributed by atoms with E-state index in [2.05, 4.69) is 10.6 Å². The van der Waals surface area contributed by atoms with Crippen LogP contribution in [0.2, 0.25) is 0 Å². The topological polar surface area (TPSA) is 95.6 Å². The van der Waals surface area contributed by atoms with Gasteiger partial charge in [-0.05, 0) is 36.6 Å². The van der Waals surface area contributed by atoms with Crippen LogP contribution in [0.1, 0.15) is 28.2 Å². The van der Waals surface area contributed by atoms with E-state index < -0.39 is 15.9 Å². The first-order chi connectivity index (χ1) is 12.2. The number of sulfonamides is 1. The molecule has 0 aliphatic heterocycles. The summed E-state index contributed by atoms with van der Waals surface area (Å²) in [7, 11) is -0.794. The first-order valence-corrected chi connectivity index (χ1v) is 10.2. The van der Waals surface area contributed by atoms with Gasteiger partial charge in [0.1, 0.15) is 0 Å². The van der Waals surface area contributed by atoms with Crippen LogP contribution in [0.4, 0.5) is 0 Å². The van der Waals surface area contributed by atoms with E-state index >= 15 is 0 Å². The summed E-state index contributed by atoms with van der Waals surface area (Å²) >= 11 is 1.54. The van der Waals surface area contributed by atoms with Crippen LogP contribution in [-0.2, 0) is 14.8 Å². The normalized spacial score (nSPS) is 12.6. The van der Waals surface area contributed by atoms with Crippen molar-refractivity contribution in [1.29, 1.82) is 0 Å². The Morgan fingerprint density at radius 2 is 1.92 bits per heavy atom. The molecule has 0 saturated heterocycles. The van der Waals surface area contributed by atoms with Gasteiger partial charge in [0, 0.05) is 24.5 Å². The molecule has 0 saturated carbocycles. The highest BCUT2D eigenvalue weighted by Crippen LogP contribution is 2.18. The molecule has 140 valence electrons. The first-order valence-electron chi connectivity index (χ1n) is 7.85. The Hall–Kier alpha value is -2.23. The lowest BCUT2D eigenvalue weighted by atomic mass is 10.2. The smallest absolute Gasteiger partial charge is 0.251 e. The fourth-order valence-electron chi connectivity index (χ4n) is 2.17. The molecule has 1 atom stereocenters. The number of hydrogen-bond acceptors (Lipinski definition) is 5. The molecule has 0 aliphatic rings. The lowest BCUT2D eigenvalue weighted by molar-refractivity contribution is -0.120. The van der Waals surface area contributed by atoms with Crippen LogP contribution in [0.25, 0.3) is 0 Å². The maximum Gasteiger partial charge on any atom is 0.251 e. The highest BCUT2D eigenvalue weighted by atomic mass is 32.2. The van der Waals surface area contributed by atoms with Crippen molar-refractivity contribution in [2.45, 2.75) is 17.9 Å². The number of nitrogens with one attached hydrogen (secondary N) is 2. The second kappa shape index (κ2) is 8.43. The zero-order valence-corrected chi connectivity index (χ0v) is 16.4. The SMILES string of the molecule is CC(NC(=O)CNC(=O)c1cccc(S(=O)(=O)N(C)C)c1)c1cccs1. The van der Waals surface area contributed by atoms with E-state index in [1.165, 1.54) is 49.7 Å². The van der Waals surface area contributed by atoms with Gasteiger partial charge in [-0.1, -0.05) is 12.1 Å². The third-order valence-electron chi connectivity index (χ3n) is 3.63. The van der Waals surface area contributed by atoms with Crippen LogP contribution < -0.4 is 10.6 Å². The van der Waals surface area contributed by atoms with Crippen molar-refractivity contribution in [2.24, 2.45) is 0 Å². The predicted molar refractivity (Wildman–Crippen MR) is 101 cm³/mol. The van der Waals surface area contributed by atoms with E-state index in [-0.39, 0.29) is 29.0 Å². The Balaban J connectivity index is 1.97. The largest absolute Gasteiger partial charge is 0.347 e. The highest BCUT2D eigenvalue weighted by Gasteiger charge is 2.19. The van der Waals surface area contributed by atoms with Crippen molar-refractivity contribution in [1.82, 2.24) is 14.9 Å². The van der Waals surface area contributed by atoms with Crippen LogP contribution in [0.3, 0.4) is 0 Å². The van der Waals surface area contributed by atoms with Crippen LogP contribution in [-0.4, -0.2) is 45.2 Å². The Kier molecular flexibility index (Phi) is 6.52. The summed E-state index contributed by atoms with van der Waals surface area (Å²) in [5, 5.41) is 7.22. The number of hydrogen-bond donors (Lipinski definition) is 2. The molecule has 1 unspecified atom stereocenters. The Bertz CT molecular complexity index is 877. The van der Waals surface area contributed by atoms with E-state index in [1.54, 1.807) is 0 Å². The summed E-state index contributed by atoms with van der Waals surface area (Å²) in [5.74, 6) is -0.837. The molecule has 1 heterocycles. The maximum absolute atomic E-state index is 12.2. The molecule has 26 heavy (non-hydrogen) atoms. The van der Waals surface area contributed by atoms with Crippen LogP contribution >= 0.6 is 11.3 Å². The highest BCUT2D eigenvalue weighted by molar-refractivity contribution is 7.89. The fourth-order valence-corrected chi connectivity index (χ4v) is 3.86. The number of thiophene rings is 1. The van der Waals surface area contributed by atoms with Crippen molar-refractivity contribution < 1.29 is 18.0 Å². The number of carbonyl (C=O) groups excluding carboxylic acids is 2. The molecule has 7 nitrogen and oxygen atoms in total. The number of amides is 2. The van der Waals surface area contributed by atoms with Gasteiger partial charge < -0.3 is 10.6 Å². The lowest BCUT2D eigenvalue weighted by Gasteiger charge is -2.13. The minimum Gasteiger partial charge on any atom is -0.347 e. The summed E-state index contributed by atoms with van der Waals surface area (Å²) in [6.07, 6.45) is 0. The molecule has 0 radical (unpaired) electrons. The van der Waals surface area contributed by atoms with Gasteiger partial charge in [-0.2, -0.15) is 0 Å². The molecule has 1 aromatic heterocycles. The van der Waals surface area contributed by atoms with E-state index in [9.17, 15) is 18.0 Å². The van der Waals surface area contributed by atoms with Gasteiger partial charge >= 0.3 is 0 Å². The van der Waals surface area contributed by atoms with E-state index in [4.69, 9.17) is 0 Å². The quantitative estimate of drug-likeness (QED) is 0.744. The Morgan fingerprint density at radius 3 is 2.54 bits per heavy atom. The minimum atomic E-state index is -3.63. The number of nitrogens with zero attached hydrogens (tertiary/aromatic N) is 1. The van der Waals surface area contributed by atoms with Gasteiger partial charge in [0.05, 0.1) is 17.5 Å². The number of carbonyl (C=O) groups is 2. The summed E-state index contributed by atoms with van der Waals surface area (Å²) in [6, 6.07) is 9.37. The molecule has 1 aromatic carbocycles. The molecular weight excluding hydrogens is 374 g/mol. The summed E-state index contributed by atoms with van der Waals surface area (Å²) < 4.78 is 25.3. The third-order valence-corrected chi connectivity index (χ3v) is 6.50. The molecule has 2 rings (SSSR count). The minimum absolute atomic E-state index is 0.0194. The molecule has 0 fully saturated rings. The van der Waals surface area contributed by atoms with Gasteiger partial charge in [-0.15, -0.1) is 11.3 Å². The van der Waals surface area contributed by atoms with Crippen LogP contribution in [0.5, 0.6) is 0 Å². The molecule has 0 bridgehead atoms. The van der Waals surface area contributed by atoms with Gasteiger partial charge in [0.15, 0.2) is 0 Å². The zero-order valence-electron chi connectivity index (χ0n) is 14.7. The molecular formula is C17H21N3O4S2. The van der Waals surface area contributed by atoms with Crippen molar-refractivity contribution in [3.05, 3.63) is 52.2 Å². The average Bonchev–Trinajstić information content (AvgIpc) is 3.14. The number of benzene rings is 1. The van der Waals surface area contributed by atoms with Gasteiger partial charge in [0.2, 0.25) is 15.9 Å². The summed E-state index contributed by atoms with van der Waals surface area (Å²) in [4.78, 5) is 25.2. The molecule has 2 amide bonds. The lowest BCUT2D eigenvalue weighted by Crippen LogP contribution is -2.37. The van der Waals surface area contributed by atoms with Crippen molar-refractivity contribution in [3.8, 4) is 0 Å². The second-order valence-corrected chi connectivity index (χ2v) is 8.93. The average molecular weight is 396 g/mol.